The van der Waals surface area contributed by atoms with Gasteiger partial charge in [-0.25, -0.2) is 0 Å². The molecule has 26 heavy (non-hydrogen) atoms. The second-order valence-electron chi connectivity index (χ2n) is 5.74. The van der Waals surface area contributed by atoms with Crippen molar-refractivity contribution in [3.8, 4) is 11.5 Å². The number of carbonyl (C=O) groups is 2. The highest BCUT2D eigenvalue weighted by Crippen LogP contribution is 2.17. The fourth-order valence-electron chi connectivity index (χ4n) is 2.40. The summed E-state index contributed by atoms with van der Waals surface area (Å²) in [6.07, 6.45) is 0. The molecule has 0 aliphatic carbocycles. The molecule has 0 spiro atoms. The van der Waals surface area contributed by atoms with E-state index in [1.54, 1.807) is 31.4 Å². The van der Waals surface area contributed by atoms with Crippen LogP contribution < -0.4 is 14.8 Å². The van der Waals surface area contributed by atoms with Crippen LogP contribution in [0.5, 0.6) is 11.5 Å². The van der Waals surface area contributed by atoms with Crippen LogP contribution in [0.25, 0.3) is 0 Å². The molecule has 2 amide bonds. The Morgan fingerprint density at radius 1 is 1.12 bits per heavy atom. The maximum atomic E-state index is 12.3. The van der Waals surface area contributed by atoms with Gasteiger partial charge in [-0.3, -0.25) is 9.59 Å². The second-order valence-corrected chi connectivity index (χ2v) is 5.74. The third kappa shape index (κ3) is 5.51. The lowest BCUT2D eigenvalue weighted by Gasteiger charge is -2.21. The van der Waals surface area contributed by atoms with Gasteiger partial charge in [0.05, 0.1) is 13.7 Å². The molecule has 0 aliphatic rings. The highest BCUT2D eigenvalue weighted by Gasteiger charge is 2.16. The van der Waals surface area contributed by atoms with Crippen LogP contribution in [-0.4, -0.2) is 43.5 Å². The minimum absolute atomic E-state index is 0.0380. The van der Waals surface area contributed by atoms with Crippen molar-refractivity contribution in [3.63, 3.8) is 0 Å². The summed E-state index contributed by atoms with van der Waals surface area (Å²) in [6.45, 7) is 4.01. The zero-order chi connectivity index (χ0) is 18.9. The number of ether oxygens (including phenoxy) is 2. The van der Waals surface area contributed by atoms with Crippen molar-refractivity contribution in [2.45, 2.75) is 13.8 Å². The fourth-order valence-corrected chi connectivity index (χ4v) is 2.40. The van der Waals surface area contributed by atoms with Gasteiger partial charge in [-0.1, -0.05) is 24.3 Å². The van der Waals surface area contributed by atoms with E-state index in [1.165, 1.54) is 4.90 Å². The molecule has 2 rings (SSSR count). The lowest BCUT2D eigenvalue weighted by molar-refractivity contribution is -0.136. The molecule has 0 fully saturated rings. The third-order valence-electron chi connectivity index (χ3n) is 3.87. The largest absolute Gasteiger partial charge is 0.497 e. The second kappa shape index (κ2) is 9.46. The summed E-state index contributed by atoms with van der Waals surface area (Å²) in [5, 5.41) is 2.77. The van der Waals surface area contributed by atoms with Gasteiger partial charge in [0, 0.05) is 18.3 Å². The maximum absolute atomic E-state index is 12.3. The molecule has 0 heterocycles. The van der Waals surface area contributed by atoms with Crippen LogP contribution in [-0.2, 0) is 9.59 Å². The van der Waals surface area contributed by atoms with Crippen molar-refractivity contribution in [1.82, 2.24) is 4.90 Å². The lowest BCUT2D eigenvalue weighted by Crippen LogP contribution is -2.40. The monoisotopic (exact) mass is 356 g/mol. The Kier molecular flexibility index (Phi) is 7.02. The summed E-state index contributed by atoms with van der Waals surface area (Å²) in [5.41, 5.74) is 1.58. The number of hydrogen-bond donors (Lipinski definition) is 1. The quantitative estimate of drug-likeness (QED) is 0.790. The predicted molar refractivity (Wildman–Crippen MR) is 101 cm³/mol. The van der Waals surface area contributed by atoms with Crippen molar-refractivity contribution in [2.75, 3.05) is 32.1 Å². The molecule has 0 bridgehead atoms. The van der Waals surface area contributed by atoms with Gasteiger partial charge in [-0.2, -0.15) is 0 Å². The molecule has 0 atom stereocenters. The summed E-state index contributed by atoms with van der Waals surface area (Å²) in [5.74, 6) is 0.802. The Labute approximate surface area is 153 Å². The molecule has 1 N–H and O–H groups in total. The first-order valence-corrected chi connectivity index (χ1v) is 8.43. The first-order chi connectivity index (χ1) is 12.5. The first kappa shape index (κ1) is 19.3. The minimum atomic E-state index is -0.274. The van der Waals surface area contributed by atoms with Crippen LogP contribution in [0.1, 0.15) is 12.5 Å². The van der Waals surface area contributed by atoms with Gasteiger partial charge in [-0.15, -0.1) is 0 Å². The van der Waals surface area contributed by atoms with Crippen LogP contribution in [0.4, 0.5) is 5.69 Å². The van der Waals surface area contributed by atoms with E-state index in [1.807, 2.05) is 38.1 Å². The standard InChI is InChI=1S/C20H24N2O4/c1-4-22(20(24)14-26-18-11-6-5-8-15(18)2)13-19(23)21-16-9-7-10-17(12-16)25-3/h5-12H,4,13-14H2,1-3H3,(H,21,23). The fraction of sp³-hybridized carbons (Fsp3) is 0.300. The molecule has 6 heteroatoms. The van der Waals surface area contributed by atoms with Crippen molar-refractivity contribution >= 4 is 17.5 Å². The Bertz CT molecular complexity index is 761. The predicted octanol–water partition coefficient (Wildman–Crippen LogP) is 2.87. The van der Waals surface area contributed by atoms with E-state index in [-0.39, 0.29) is 25.0 Å². The van der Waals surface area contributed by atoms with Gasteiger partial charge in [0.15, 0.2) is 6.61 Å². The SMILES string of the molecule is CCN(CC(=O)Nc1cccc(OC)c1)C(=O)COc1ccccc1C. The summed E-state index contributed by atoms with van der Waals surface area (Å²) in [4.78, 5) is 26.0. The number of rotatable bonds is 8. The minimum Gasteiger partial charge on any atom is -0.497 e. The van der Waals surface area contributed by atoms with Crippen LogP contribution in [0.2, 0.25) is 0 Å². The summed E-state index contributed by atoms with van der Waals surface area (Å²) in [6, 6.07) is 14.6. The molecule has 0 saturated heterocycles. The van der Waals surface area contributed by atoms with E-state index in [0.717, 1.165) is 5.56 Å². The first-order valence-electron chi connectivity index (χ1n) is 8.43. The molecule has 138 valence electrons. The number of anilines is 1. The average Bonchev–Trinajstić information content (AvgIpc) is 2.65. The topological polar surface area (TPSA) is 67.9 Å². The van der Waals surface area contributed by atoms with Crippen LogP contribution in [0.15, 0.2) is 48.5 Å². The number of hydrogen-bond acceptors (Lipinski definition) is 4. The molecular formula is C20H24N2O4. The van der Waals surface area contributed by atoms with E-state index in [2.05, 4.69) is 5.32 Å². The number of methoxy groups -OCH3 is 1. The molecule has 0 radical (unpaired) electrons. The number of aryl methyl sites for hydroxylation is 1. The van der Waals surface area contributed by atoms with E-state index < -0.39 is 0 Å². The zero-order valence-electron chi connectivity index (χ0n) is 15.3. The number of likely N-dealkylation sites (N-methyl/N-ethyl adjacent to an activating group) is 1. The van der Waals surface area contributed by atoms with E-state index in [9.17, 15) is 9.59 Å². The number of para-hydroxylation sites is 1. The molecule has 0 aromatic heterocycles. The average molecular weight is 356 g/mol. The van der Waals surface area contributed by atoms with Gasteiger partial charge < -0.3 is 19.7 Å². The number of carbonyl (C=O) groups excluding carboxylic acids is 2. The lowest BCUT2D eigenvalue weighted by atomic mass is 10.2. The Morgan fingerprint density at radius 3 is 2.58 bits per heavy atom. The molecule has 2 aromatic carbocycles. The maximum Gasteiger partial charge on any atom is 0.260 e. The Hall–Kier alpha value is -3.02. The molecular weight excluding hydrogens is 332 g/mol. The van der Waals surface area contributed by atoms with Crippen LogP contribution >= 0.6 is 0 Å². The highest BCUT2D eigenvalue weighted by molar-refractivity contribution is 5.94. The van der Waals surface area contributed by atoms with Crippen molar-refractivity contribution < 1.29 is 19.1 Å². The van der Waals surface area contributed by atoms with Gasteiger partial charge in [-0.05, 0) is 37.6 Å². The Balaban J connectivity index is 1.89. The third-order valence-corrected chi connectivity index (χ3v) is 3.87. The van der Waals surface area contributed by atoms with Crippen molar-refractivity contribution in [1.29, 1.82) is 0 Å². The number of amides is 2. The number of benzene rings is 2. The van der Waals surface area contributed by atoms with Gasteiger partial charge in [0.1, 0.15) is 11.5 Å². The molecule has 0 saturated carbocycles. The van der Waals surface area contributed by atoms with E-state index >= 15 is 0 Å². The van der Waals surface area contributed by atoms with Gasteiger partial charge in [0.2, 0.25) is 5.91 Å². The van der Waals surface area contributed by atoms with Crippen molar-refractivity contribution in [3.05, 3.63) is 54.1 Å². The number of nitrogens with zero attached hydrogens (tertiary/aromatic N) is 1. The number of nitrogens with one attached hydrogen (secondary N) is 1. The van der Waals surface area contributed by atoms with Crippen LogP contribution in [0, 0.1) is 6.92 Å². The smallest absolute Gasteiger partial charge is 0.260 e. The highest BCUT2D eigenvalue weighted by atomic mass is 16.5. The molecule has 6 nitrogen and oxygen atoms in total. The summed E-state index contributed by atoms with van der Waals surface area (Å²) < 4.78 is 10.7. The summed E-state index contributed by atoms with van der Waals surface area (Å²) >= 11 is 0. The molecule has 0 unspecified atom stereocenters. The Morgan fingerprint density at radius 2 is 1.88 bits per heavy atom. The molecule has 2 aromatic rings. The van der Waals surface area contributed by atoms with Gasteiger partial charge >= 0.3 is 0 Å². The van der Waals surface area contributed by atoms with Crippen molar-refractivity contribution in [2.24, 2.45) is 0 Å². The van der Waals surface area contributed by atoms with Crippen LogP contribution in [0.3, 0.4) is 0 Å². The normalized spacial score (nSPS) is 10.1. The van der Waals surface area contributed by atoms with Gasteiger partial charge in [0.25, 0.3) is 5.91 Å². The van der Waals surface area contributed by atoms with E-state index in [0.29, 0.717) is 23.7 Å². The summed E-state index contributed by atoms with van der Waals surface area (Å²) in [7, 11) is 1.56. The van der Waals surface area contributed by atoms with E-state index in [4.69, 9.17) is 9.47 Å². The molecule has 0 aliphatic heterocycles. The zero-order valence-corrected chi connectivity index (χ0v) is 15.3.